The van der Waals surface area contributed by atoms with Gasteiger partial charge >= 0.3 is 6.09 Å². The molecule has 0 saturated heterocycles. The maximum atomic E-state index is 11.7. The fourth-order valence-corrected chi connectivity index (χ4v) is 2.75. The molecule has 2 aliphatic carbocycles. The number of amides is 1. The van der Waals surface area contributed by atoms with Crippen molar-refractivity contribution in [3.8, 4) is 0 Å². The zero-order valence-corrected chi connectivity index (χ0v) is 11.5. The Bertz CT molecular complexity index is 275. The highest BCUT2D eigenvalue weighted by atomic mass is 16.6. The molecule has 2 rings (SSSR count). The molecule has 3 nitrogen and oxygen atoms in total. The highest BCUT2D eigenvalue weighted by Gasteiger charge is 2.44. The molecule has 1 N–H and O–H groups in total. The van der Waals surface area contributed by atoms with Crippen molar-refractivity contribution in [3.63, 3.8) is 0 Å². The van der Waals surface area contributed by atoms with Gasteiger partial charge in [0, 0.05) is 6.04 Å². The lowest BCUT2D eigenvalue weighted by Gasteiger charge is -2.27. The van der Waals surface area contributed by atoms with Gasteiger partial charge in [-0.25, -0.2) is 4.79 Å². The lowest BCUT2D eigenvalue weighted by molar-refractivity contribution is 0.0483. The van der Waals surface area contributed by atoms with Crippen molar-refractivity contribution in [3.05, 3.63) is 0 Å². The van der Waals surface area contributed by atoms with Gasteiger partial charge in [0.05, 0.1) is 0 Å². The first-order chi connectivity index (χ1) is 7.87. The van der Waals surface area contributed by atoms with Crippen molar-refractivity contribution < 1.29 is 9.53 Å². The van der Waals surface area contributed by atoms with Crippen molar-refractivity contribution in [2.24, 2.45) is 17.8 Å². The van der Waals surface area contributed by atoms with Gasteiger partial charge in [0.25, 0.3) is 0 Å². The van der Waals surface area contributed by atoms with Crippen molar-refractivity contribution in [2.45, 2.75) is 65.0 Å². The molecule has 98 valence electrons. The topological polar surface area (TPSA) is 38.3 Å². The van der Waals surface area contributed by atoms with Crippen molar-refractivity contribution in [1.29, 1.82) is 0 Å². The van der Waals surface area contributed by atoms with Crippen LogP contribution in [0.3, 0.4) is 0 Å². The molecule has 2 aliphatic rings. The minimum absolute atomic E-state index is 0.254. The number of nitrogens with one attached hydrogen (secondary N) is 1. The summed E-state index contributed by atoms with van der Waals surface area (Å²) in [5.41, 5.74) is -0.404. The molecule has 1 atom stereocenters. The van der Waals surface area contributed by atoms with Crippen LogP contribution in [-0.4, -0.2) is 17.7 Å². The van der Waals surface area contributed by atoms with E-state index < -0.39 is 5.60 Å². The molecule has 3 heteroatoms. The second-order valence-corrected chi connectivity index (χ2v) is 6.69. The Morgan fingerprint density at radius 3 is 2.00 bits per heavy atom. The maximum Gasteiger partial charge on any atom is 0.407 e. The number of carbonyl (C=O) groups excluding carboxylic acids is 1. The molecule has 2 fully saturated rings. The van der Waals surface area contributed by atoms with Crippen LogP contribution in [0.25, 0.3) is 0 Å². The monoisotopic (exact) mass is 239 g/mol. The van der Waals surface area contributed by atoms with Crippen LogP contribution in [0.1, 0.15) is 53.4 Å². The van der Waals surface area contributed by atoms with Crippen molar-refractivity contribution in [2.75, 3.05) is 0 Å². The third kappa shape index (κ3) is 3.90. The summed E-state index contributed by atoms with van der Waals surface area (Å²) in [4.78, 5) is 11.7. The van der Waals surface area contributed by atoms with Crippen LogP contribution in [0.4, 0.5) is 4.79 Å². The molecular formula is C14H25NO2. The normalized spacial score (nSPS) is 22.4. The van der Waals surface area contributed by atoms with Crippen LogP contribution in [-0.2, 0) is 4.74 Å². The summed E-state index contributed by atoms with van der Waals surface area (Å²) in [5.74, 6) is 2.39. The summed E-state index contributed by atoms with van der Waals surface area (Å²) in [5, 5.41) is 3.02. The minimum atomic E-state index is -0.404. The lowest BCUT2D eigenvalue weighted by Crippen LogP contribution is -2.42. The van der Waals surface area contributed by atoms with Gasteiger partial charge in [0.1, 0.15) is 5.60 Å². The summed E-state index contributed by atoms with van der Waals surface area (Å²) in [6, 6.07) is 0.254. The van der Waals surface area contributed by atoms with E-state index in [0.717, 1.165) is 11.8 Å². The zero-order valence-electron chi connectivity index (χ0n) is 11.5. The highest BCUT2D eigenvalue weighted by Crippen LogP contribution is 2.50. The van der Waals surface area contributed by atoms with Crippen LogP contribution in [0.2, 0.25) is 0 Å². The fourth-order valence-electron chi connectivity index (χ4n) is 2.75. The van der Waals surface area contributed by atoms with Gasteiger partial charge in [0.2, 0.25) is 0 Å². The zero-order chi connectivity index (χ0) is 12.6. The largest absolute Gasteiger partial charge is 0.444 e. The first-order valence-electron chi connectivity index (χ1n) is 6.86. The van der Waals surface area contributed by atoms with Gasteiger partial charge in [-0.05, 0) is 71.1 Å². The molecule has 0 heterocycles. The van der Waals surface area contributed by atoms with E-state index in [2.05, 4.69) is 12.2 Å². The van der Waals surface area contributed by atoms with Crippen LogP contribution in [0.15, 0.2) is 0 Å². The Balaban J connectivity index is 1.82. The number of rotatable bonds is 4. The van der Waals surface area contributed by atoms with E-state index in [1.165, 1.54) is 25.7 Å². The number of ether oxygens (including phenoxy) is 1. The van der Waals surface area contributed by atoms with Gasteiger partial charge in [-0.3, -0.25) is 0 Å². The summed E-state index contributed by atoms with van der Waals surface area (Å²) in [6.45, 7) is 7.83. The van der Waals surface area contributed by atoms with Crippen LogP contribution >= 0.6 is 0 Å². The smallest absolute Gasteiger partial charge is 0.407 e. The predicted octanol–water partition coefficient (Wildman–Crippen LogP) is 3.34. The molecule has 0 spiro atoms. The average Bonchev–Trinajstić information content (AvgIpc) is 2.91. The first kappa shape index (κ1) is 12.7. The van der Waals surface area contributed by atoms with Gasteiger partial charge in [0.15, 0.2) is 0 Å². The van der Waals surface area contributed by atoms with E-state index in [1.54, 1.807) is 0 Å². The molecular weight excluding hydrogens is 214 g/mol. The van der Waals surface area contributed by atoms with Gasteiger partial charge in [-0.2, -0.15) is 0 Å². The molecule has 0 unspecified atom stereocenters. The minimum Gasteiger partial charge on any atom is -0.444 e. The number of alkyl carbamates (subject to hydrolysis) is 1. The van der Waals surface area contributed by atoms with E-state index in [4.69, 9.17) is 4.74 Å². The second-order valence-electron chi connectivity index (χ2n) is 6.69. The fraction of sp³-hybridized carbons (Fsp3) is 0.929. The highest BCUT2D eigenvalue weighted by molar-refractivity contribution is 5.68. The van der Waals surface area contributed by atoms with E-state index in [0.29, 0.717) is 5.92 Å². The Morgan fingerprint density at radius 2 is 1.65 bits per heavy atom. The molecule has 0 aliphatic heterocycles. The third-order valence-corrected chi connectivity index (χ3v) is 3.65. The number of carbonyl (C=O) groups is 1. The summed E-state index contributed by atoms with van der Waals surface area (Å²) in [7, 11) is 0. The summed E-state index contributed by atoms with van der Waals surface area (Å²) >= 11 is 0. The number of hydrogen-bond donors (Lipinski definition) is 1. The van der Waals surface area contributed by atoms with Crippen molar-refractivity contribution in [1.82, 2.24) is 5.32 Å². The Kier molecular flexibility index (Phi) is 3.37. The van der Waals surface area contributed by atoms with E-state index in [1.807, 2.05) is 20.8 Å². The summed E-state index contributed by atoms with van der Waals surface area (Å²) in [6.07, 6.45) is 5.13. The third-order valence-electron chi connectivity index (χ3n) is 3.65. The van der Waals surface area contributed by atoms with Gasteiger partial charge in [-0.1, -0.05) is 0 Å². The predicted molar refractivity (Wildman–Crippen MR) is 67.8 cm³/mol. The molecule has 17 heavy (non-hydrogen) atoms. The van der Waals surface area contributed by atoms with Crippen LogP contribution < -0.4 is 5.32 Å². The van der Waals surface area contributed by atoms with E-state index in [-0.39, 0.29) is 12.1 Å². The maximum absolute atomic E-state index is 11.7. The summed E-state index contributed by atoms with van der Waals surface area (Å²) < 4.78 is 5.31. The van der Waals surface area contributed by atoms with Gasteiger partial charge in [-0.15, -0.1) is 0 Å². The first-order valence-corrected chi connectivity index (χ1v) is 6.86. The standard InChI is InChI=1S/C14H25NO2/c1-9(15-13(16)17-14(2,3)4)12(10-5-6-10)11-7-8-11/h9-12H,5-8H2,1-4H3,(H,15,16)/t9-/m0/s1. The molecule has 0 bridgehead atoms. The van der Waals surface area contributed by atoms with E-state index >= 15 is 0 Å². The number of hydrogen-bond acceptors (Lipinski definition) is 2. The van der Waals surface area contributed by atoms with Gasteiger partial charge < -0.3 is 10.1 Å². The second kappa shape index (κ2) is 4.51. The molecule has 2 saturated carbocycles. The molecule has 0 radical (unpaired) electrons. The van der Waals surface area contributed by atoms with Crippen LogP contribution in [0, 0.1) is 17.8 Å². The Morgan fingerprint density at radius 1 is 1.18 bits per heavy atom. The quantitative estimate of drug-likeness (QED) is 0.817. The van der Waals surface area contributed by atoms with Crippen LogP contribution in [0.5, 0.6) is 0 Å². The lowest BCUT2D eigenvalue weighted by atomic mass is 9.91. The van der Waals surface area contributed by atoms with E-state index in [9.17, 15) is 4.79 Å². The SMILES string of the molecule is C[C@H](NC(=O)OC(C)(C)C)C(C1CC1)C1CC1. The molecule has 0 aromatic heterocycles. The molecule has 0 aromatic carbocycles. The Hall–Kier alpha value is -0.730. The molecule has 1 amide bonds. The molecule has 0 aromatic rings. The Labute approximate surface area is 104 Å². The van der Waals surface area contributed by atoms with Crippen molar-refractivity contribution >= 4 is 6.09 Å². The average molecular weight is 239 g/mol.